The molecule has 1 heterocycles. The summed E-state index contributed by atoms with van der Waals surface area (Å²) in [6, 6.07) is 12.0. The number of fused-ring (bicyclic) bond motifs is 1. The van der Waals surface area contributed by atoms with E-state index in [1.165, 1.54) is 7.11 Å². The third kappa shape index (κ3) is 3.24. The van der Waals surface area contributed by atoms with Crippen molar-refractivity contribution in [2.45, 2.75) is 25.3 Å². The van der Waals surface area contributed by atoms with Gasteiger partial charge in [-0.1, -0.05) is 41.4 Å². The van der Waals surface area contributed by atoms with Gasteiger partial charge in [-0.25, -0.2) is 0 Å². The minimum atomic E-state index is -0.388. The Morgan fingerprint density at radius 3 is 2.56 bits per heavy atom. The number of para-hydroxylation sites is 1. The average molecular weight is 378 g/mol. The van der Waals surface area contributed by atoms with E-state index in [4.69, 9.17) is 27.9 Å². The van der Waals surface area contributed by atoms with Crippen LogP contribution in [0.2, 0.25) is 10.0 Å². The predicted octanol–water partition coefficient (Wildman–Crippen LogP) is 4.69. The summed E-state index contributed by atoms with van der Waals surface area (Å²) in [7, 11) is 1.38. The van der Waals surface area contributed by atoms with Crippen molar-refractivity contribution >= 4 is 40.8 Å². The zero-order chi connectivity index (χ0) is 18.1. The first kappa shape index (κ1) is 17.8. The first-order valence-corrected chi connectivity index (χ1v) is 8.65. The first-order valence-electron chi connectivity index (χ1n) is 7.89. The molecule has 0 bridgehead atoms. The molecule has 0 saturated carbocycles. The van der Waals surface area contributed by atoms with Gasteiger partial charge in [0, 0.05) is 16.8 Å². The maximum atomic E-state index is 13.1. The van der Waals surface area contributed by atoms with E-state index in [1.807, 2.05) is 31.2 Å². The molecule has 2 atom stereocenters. The molecule has 2 unspecified atom stereocenters. The van der Waals surface area contributed by atoms with Crippen LogP contribution in [0.3, 0.4) is 0 Å². The summed E-state index contributed by atoms with van der Waals surface area (Å²) in [5.41, 5.74) is 1.86. The van der Waals surface area contributed by atoms with E-state index >= 15 is 0 Å². The molecule has 0 aliphatic carbocycles. The highest BCUT2D eigenvalue weighted by molar-refractivity contribution is 6.37. The minimum absolute atomic E-state index is 0.182. The molecule has 2 aromatic carbocycles. The van der Waals surface area contributed by atoms with Gasteiger partial charge in [0.25, 0.3) is 5.91 Å². The summed E-state index contributed by atoms with van der Waals surface area (Å²) in [5, 5.41) is 0.775. The largest absolute Gasteiger partial charge is 0.469 e. The lowest BCUT2D eigenvalue weighted by molar-refractivity contribution is -0.142. The Hall–Kier alpha value is -2.04. The van der Waals surface area contributed by atoms with Crippen LogP contribution in [0.4, 0.5) is 5.69 Å². The monoisotopic (exact) mass is 377 g/mol. The molecule has 0 fully saturated rings. The number of esters is 1. The number of carbonyl (C=O) groups is 2. The molecular weight excluding hydrogens is 361 g/mol. The molecule has 130 valence electrons. The fourth-order valence-corrected chi connectivity index (χ4v) is 3.77. The fraction of sp³-hybridized carbons (Fsp3) is 0.263. The number of anilines is 1. The number of ether oxygens (including phenoxy) is 1. The zero-order valence-corrected chi connectivity index (χ0v) is 15.3. The maximum Gasteiger partial charge on any atom is 0.313 e. The molecule has 0 radical (unpaired) electrons. The Kier molecular flexibility index (Phi) is 5.02. The molecule has 3 rings (SSSR count). The smallest absolute Gasteiger partial charge is 0.313 e. The number of nitrogens with zero attached hydrogens (tertiary/aromatic N) is 1. The van der Waals surface area contributed by atoms with Crippen LogP contribution >= 0.6 is 23.2 Å². The van der Waals surface area contributed by atoms with E-state index < -0.39 is 0 Å². The number of amides is 1. The number of hydrogen-bond donors (Lipinski definition) is 0. The summed E-state index contributed by atoms with van der Waals surface area (Å²) < 4.78 is 4.93. The molecule has 1 aliphatic rings. The zero-order valence-electron chi connectivity index (χ0n) is 13.8. The molecule has 25 heavy (non-hydrogen) atoms. The second-order valence-corrected chi connectivity index (χ2v) is 6.86. The highest BCUT2D eigenvalue weighted by Crippen LogP contribution is 2.40. The van der Waals surface area contributed by atoms with Crippen molar-refractivity contribution in [2.24, 2.45) is 0 Å². The van der Waals surface area contributed by atoms with Gasteiger partial charge in [-0.3, -0.25) is 9.59 Å². The van der Waals surface area contributed by atoms with Crippen molar-refractivity contribution in [2.75, 3.05) is 12.0 Å². The van der Waals surface area contributed by atoms with Gasteiger partial charge in [0.15, 0.2) is 0 Å². The van der Waals surface area contributed by atoms with Gasteiger partial charge in [0.2, 0.25) is 0 Å². The van der Waals surface area contributed by atoms with E-state index in [2.05, 4.69) is 0 Å². The summed E-state index contributed by atoms with van der Waals surface area (Å²) in [6.07, 6.45) is 0.487. The van der Waals surface area contributed by atoms with Gasteiger partial charge in [0.05, 0.1) is 23.6 Å². The number of halogens is 2. The summed E-state index contributed by atoms with van der Waals surface area (Å²) in [4.78, 5) is 27.0. The van der Waals surface area contributed by atoms with Crippen molar-refractivity contribution in [1.29, 1.82) is 0 Å². The van der Waals surface area contributed by atoms with Crippen molar-refractivity contribution in [3.8, 4) is 0 Å². The van der Waals surface area contributed by atoms with E-state index in [0.717, 1.165) is 5.56 Å². The van der Waals surface area contributed by atoms with Crippen molar-refractivity contribution in [3.05, 3.63) is 63.6 Å². The Morgan fingerprint density at radius 1 is 1.16 bits per heavy atom. The van der Waals surface area contributed by atoms with E-state index in [9.17, 15) is 9.59 Å². The van der Waals surface area contributed by atoms with Crippen LogP contribution in [0, 0.1) is 0 Å². The van der Waals surface area contributed by atoms with E-state index in [0.29, 0.717) is 27.7 Å². The Labute approximate surface area is 156 Å². The number of rotatable bonds is 2. The van der Waals surface area contributed by atoms with Gasteiger partial charge in [0.1, 0.15) is 0 Å². The molecule has 0 saturated heterocycles. The minimum Gasteiger partial charge on any atom is -0.469 e. The molecule has 1 amide bonds. The van der Waals surface area contributed by atoms with Crippen LogP contribution in [0.25, 0.3) is 0 Å². The van der Waals surface area contributed by atoms with Crippen LogP contribution in [0.1, 0.15) is 35.2 Å². The third-order valence-electron chi connectivity index (χ3n) is 4.46. The van der Waals surface area contributed by atoms with Gasteiger partial charge >= 0.3 is 5.97 Å². The third-order valence-corrected chi connectivity index (χ3v) is 5.00. The second kappa shape index (κ2) is 7.06. The fourth-order valence-electron chi connectivity index (χ4n) is 3.28. The Bertz CT molecular complexity index is 837. The summed E-state index contributed by atoms with van der Waals surface area (Å²) >= 11 is 12.1. The predicted molar refractivity (Wildman–Crippen MR) is 98.5 cm³/mol. The number of benzene rings is 2. The van der Waals surface area contributed by atoms with Gasteiger partial charge in [-0.15, -0.1) is 0 Å². The number of methoxy groups -OCH3 is 1. The summed E-state index contributed by atoms with van der Waals surface area (Å²) in [6.45, 7) is 1.91. The number of carbonyl (C=O) groups excluding carboxylic acids is 2. The molecular formula is C19H17Cl2NO3. The highest BCUT2D eigenvalue weighted by Gasteiger charge is 2.38. The van der Waals surface area contributed by atoms with Crippen molar-refractivity contribution < 1.29 is 14.3 Å². The van der Waals surface area contributed by atoms with Crippen LogP contribution in [0.5, 0.6) is 0 Å². The lowest BCUT2D eigenvalue weighted by Gasteiger charge is -2.38. The molecule has 1 aliphatic heterocycles. The first-order chi connectivity index (χ1) is 11.9. The van der Waals surface area contributed by atoms with E-state index in [1.54, 1.807) is 23.1 Å². The van der Waals surface area contributed by atoms with Gasteiger partial charge < -0.3 is 9.64 Å². The highest BCUT2D eigenvalue weighted by atomic mass is 35.5. The lowest BCUT2D eigenvalue weighted by atomic mass is 9.85. The molecule has 4 nitrogen and oxygen atoms in total. The average Bonchev–Trinajstić information content (AvgIpc) is 2.60. The molecule has 6 heteroatoms. The molecule has 0 N–H and O–H groups in total. The molecule has 0 aromatic heterocycles. The SMILES string of the molecule is COC(=O)C1CC(C)N(C(=O)c2ccc(Cl)cc2Cl)c2ccccc21. The standard InChI is InChI=1S/C19H17Cl2NO3/c1-11-9-15(19(24)25-2)13-5-3-4-6-17(13)22(11)18(23)14-8-7-12(20)10-16(14)21/h3-8,10-11,15H,9H2,1-2H3. The van der Waals surface area contributed by atoms with Gasteiger partial charge in [-0.2, -0.15) is 0 Å². The summed E-state index contributed by atoms with van der Waals surface area (Å²) in [5.74, 6) is -0.901. The Morgan fingerprint density at radius 2 is 1.88 bits per heavy atom. The number of hydrogen-bond acceptors (Lipinski definition) is 3. The van der Waals surface area contributed by atoms with Crippen LogP contribution in [-0.4, -0.2) is 25.0 Å². The topological polar surface area (TPSA) is 46.6 Å². The van der Waals surface area contributed by atoms with Crippen molar-refractivity contribution in [1.82, 2.24) is 0 Å². The normalized spacial score (nSPS) is 19.3. The molecule has 0 spiro atoms. The molecule has 2 aromatic rings. The lowest BCUT2D eigenvalue weighted by Crippen LogP contribution is -2.44. The van der Waals surface area contributed by atoms with Gasteiger partial charge in [-0.05, 0) is 43.2 Å². The van der Waals surface area contributed by atoms with E-state index in [-0.39, 0.29) is 23.8 Å². The Balaban J connectivity index is 2.06. The quantitative estimate of drug-likeness (QED) is 0.713. The maximum absolute atomic E-state index is 13.1. The van der Waals surface area contributed by atoms with Crippen LogP contribution < -0.4 is 4.90 Å². The van der Waals surface area contributed by atoms with Crippen LogP contribution in [0.15, 0.2) is 42.5 Å². The van der Waals surface area contributed by atoms with Crippen LogP contribution in [-0.2, 0) is 9.53 Å². The second-order valence-electron chi connectivity index (χ2n) is 6.02. The van der Waals surface area contributed by atoms with Crippen molar-refractivity contribution in [3.63, 3.8) is 0 Å².